The minimum atomic E-state index is -0.194. The van der Waals surface area contributed by atoms with Gasteiger partial charge in [-0.05, 0) is 25.0 Å². The van der Waals surface area contributed by atoms with Crippen LogP contribution in [0.2, 0.25) is 0 Å². The molecule has 1 aromatic carbocycles. The second kappa shape index (κ2) is 5.48. The van der Waals surface area contributed by atoms with Gasteiger partial charge >= 0.3 is 6.03 Å². The number of carbonyl (C=O) groups is 2. The third kappa shape index (κ3) is 3.31. The SMILES string of the molecule is O=Cc1cccc(NC(=O)NC2CCCC2)c1. The third-order valence-corrected chi connectivity index (χ3v) is 2.97. The summed E-state index contributed by atoms with van der Waals surface area (Å²) < 4.78 is 0. The molecule has 0 atom stereocenters. The summed E-state index contributed by atoms with van der Waals surface area (Å²) >= 11 is 0. The van der Waals surface area contributed by atoms with Crippen LogP contribution in [0.3, 0.4) is 0 Å². The molecular weight excluding hydrogens is 216 g/mol. The molecule has 1 aromatic rings. The molecule has 90 valence electrons. The highest BCUT2D eigenvalue weighted by Crippen LogP contribution is 2.17. The predicted octanol–water partition coefficient (Wildman–Crippen LogP) is 2.56. The van der Waals surface area contributed by atoms with E-state index >= 15 is 0 Å². The van der Waals surface area contributed by atoms with E-state index < -0.39 is 0 Å². The lowest BCUT2D eigenvalue weighted by atomic mass is 10.2. The van der Waals surface area contributed by atoms with Crippen molar-refractivity contribution >= 4 is 18.0 Å². The fourth-order valence-electron chi connectivity index (χ4n) is 2.11. The number of carbonyl (C=O) groups excluding carboxylic acids is 2. The molecule has 1 aliphatic rings. The average molecular weight is 232 g/mol. The van der Waals surface area contributed by atoms with Crippen molar-refractivity contribution in [3.05, 3.63) is 29.8 Å². The number of urea groups is 1. The van der Waals surface area contributed by atoms with Crippen LogP contribution in [0.4, 0.5) is 10.5 Å². The monoisotopic (exact) mass is 232 g/mol. The summed E-state index contributed by atoms with van der Waals surface area (Å²) in [5, 5.41) is 5.66. The summed E-state index contributed by atoms with van der Waals surface area (Å²) in [6.45, 7) is 0. The first-order chi connectivity index (χ1) is 8.28. The molecule has 0 aromatic heterocycles. The zero-order valence-electron chi connectivity index (χ0n) is 9.61. The Labute approximate surface area is 100 Å². The van der Waals surface area contributed by atoms with Gasteiger partial charge in [0.05, 0.1) is 0 Å². The summed E-state index contributed by atoms with van der Waals surface area (Å²) in [6.07, 6.45) is 5.25. The Hall–Kier alpha value is -1.84. The molecule has 0 unspecified atom stereocenters. The molecule has 1 saturated carbocycles. The molecule has 0 bridgehead atoms. The van der Waals surface area contributed by atoms with Crippen molar-refractivity contribution in [3.63, 3.8) is 0 Å². The van der Waals surface area contributed by atoms with E-state index in [0.29, 0.717) is 17.3 Å². The van der Waals surface area contributed by atoms with Gasteiger partial charge in [0, 0.05) is 17.3 Å². The normalized spacial score (nSPS) is 15.5. The zero-order chi connectivity index (χ0) is 12.1. The molecule has 17 heavy (non-hydrogen) atoms. The van der Waals surface area contributed by atoms with E-state index in [9.17, 15) is 9.59 Å². The van der Waals surface area contributed by atoms with Crippen LogP contribution in [0.1, 0.15) is 36.0 Å². The minimum Gasteiger partial charge on any atom is -0.335 e. The third-order valence-electron chi connectivity index (χ3n) is 2.97. The van der Waals surface area contributed by atoms with E-state index in [-0.39, 0.29) is 6.03 Å². The Bertz CT molecular complexity index is 412. The molecule has 1 aliphatic carbocycles. The van der Waals surface area contributed by atoms with Gasteiger partial charge in [-0.15, -0.1) is 0 Å². The van der Waals surface area contributed by atoms with Gasteiger partial charge in [-0.3, -0.25) is 4.79 Å². The molecule has 0 saturated heterocycles. The number of hydrogen-bond donors (Lipinski definition) is 2. The highest BCUT2D eigenvalue weighted by atomic mass is 16.2. The van der Waals surface area contributed by atoms with Crippen LogP contribution in [0.15, 0.2) is 24.3 Å². The number of rotatable bonds is 3. The fourth-order valence-corrected chi connectivity index (χ4v) is 2.11. The van der Waals surface area contributed by atoms with E-state index in [1.165, 1.54) is 12.8 Å². The topological polar surface area (TPSA) is 58.2 Å². The van der Waals surface area contributed by atoms with Gasteiger partial charge in [-0.2, -0.15) is 0 Å². The van der Waals surface area contributed by atoms with E-state index in [1.54, 1.807) is 24.3 Å². The maximum Gasteiger partial charge on any atom is 0.319 e. The Morgan fingerprint density at radius 2 is 2.06 bits per heavy atom. The molecule has 0 radical (unpaired) electrons. The molecule has 2 amide bonds. The number of anilines is 1. The minimum absolute atomic E-state index is 0.194. The Kier molecular flexibility index (Phi) is 3.75. The molecule has 0 heterocycles. The van der Waals surface area contributed by atoms with Crippen molar-refractivity contribution in [1.29, 1.82) is 0 Å². The van der Waals surface area contributed by atoms with Gasteiger partial charge < -0.3 is 10.6 Å². The molecule has 0 aliphatic heterocycles. The molecule has 4 heteroatoms. The second-order valence-corrected chi connectivity index (χ2v) is 4.32. The van der Waals surface area contributed by atoms with Gasteiger partial charge in [0.1, 0.15) is 6.29 Å². The zero-order valence-corrected chi connectivity index (χ0v) is 9.61. The lowest BCUT2D eigenvalue weighted by Crippen LogP contribution is -2.36. The first kappa shape index (κ1) is 11.6. The molecule has 2 N–H and O–H groups in total. The number of amides is 2. The van der Waals surface area contributed by atoms with Gasteiger partial charge in [-0.1, -0.05) is 25.0 Å². The van der Waals surface area contributed by atoms with Crippen molar-refractivity contribution in [1.82, 2.24) is 5.32 Å². The van der Waals surface area contributed by atoms with Crippen molar-refractivity contribution < 1.29 is 9.59 Å². The maximum absolute atomic E-state index is 11.7. The predicted molar refractivity (Wildman–Crippen MR) is 66.2 cm³/mol. The summed E-state index contributed by atoms with van der Waals surface area (Å²) in [7, 11) is 0. The van der Waals surface area contributed by atoms with E-state index in [1.807, 2.05) is 0 Å². The van der Waals surface area contributed by atoms with Crippen molar-refractivity contribution in [2.24, 2.45) is 0 Å². The molecule has 4 nitrogen and oxygen atoms in total. The lowest BCUT2D eigenvalue weighted by molar-refractivity contribution is 0.112. The van der Waals surface area contributed by atoms with E-state index in [4.69, 9.17) is 0 Å². The maximum atomic E-state index is 11.7. The van der Waals surface area contributed by atoms with E-state index in [2.05, 4.69) is 10.6 Å². The van der Waals surface area contributed by atoms with Crippen LogP contribution in [0, 0.1) is 0 Å². The largest absolute Gasteiger partial charge is 0.335 e. The van der Waals surface area contributed by atoms with Crippen LogP contribution < -0.4 is 10.6 Å². The van der Waals surface area contributed by atoms with Crippen LogP contribution >= 0.6 is 0 Å². The van der Waals surface area contributed by atoms with Gasteiger partial charge in [0.25, 0.3) is 0 Å². The summed E-state index contributed by atoms with van der Waals surface area (Å²) in [4.78, 5) is 22.3. The number of aldehydes is 1. The van der Waals surface area contributed by atoms with Gasteiger partial charge in [0.15, 0.2) is 0 Å². The smallest absolute Gasteiger partial charge is 0.319 e. The highest BCUT2D eigenvalue weighted by molar-refractivity contribution is 5.90. The van der Waals surface area contributed by atoms with E-state index in [0.717, 1.165) is 19.1 Å². The van der Waals surface area contributed by atoms with Crippen molar-refractivity contribution in [2.45, 2.75) is 31.7 Å². The summed E-state index contributed by atoms with van der Waals surface area (Å²) in [6, 6.07) is 6.97. The van der Waals surface area contributed by atoms with Crippen LogP contribution in [-0.4, -0.2) is 18.4 Å². The quantitative estimate of drug-likeness (QED) is 0.787. The summed E-state index contributed by atoms with van der Waals surface area (Å²) in [5.41, 5.74) is 1.20. The molecular formula is C13H16N2O2. The highest BCUT2D eigenvalue weighted by Gasteiger charge is 2.16. The first-order valence-electron chi connectivity index (χ1n) is 5.91. The standard InChI is InChI=1S/C13H16N2O2/c16-9-10-4-3-7-12(8-10)15-13(17)14-11-5-1-2-6-11/h3-4,7-9,11H,1-2,5-6H2,(H2,14,15,17). The first-order valence-corrected chi connectivity index (χ1v) is 5.91. The molecule has 0 spiro atoms. The molecule has 1 fully saturated rings. The lowest BCUT2D eigenvalue weighted by Gasteiger charge is -2.13. The van der Waals surface area contributed by atoms with Gasteiger partial charge in [0.2, 0.25) is 0 Å². The molecule has 2 rings (SSSR count). The second-order valence-electron chi connectivity index (χ2n) is 4.32. The van der Waals surface area contributed by atoms with Crippen LogP contribution in [0.5, 0.6) is 0 Å². The number of nitrogens with one attached hydrogen (secondary N) is 2. The van der Waals surface area contributed by atoms with Crippen LogP contribution in [0.25, 0.3) is 0 Å². The Morgan fingerprint density at radius 3 is 2.76 bits per heavy atom. The van der Waals surface area contributed by atoms with Gasteiger partial charge in [-0.25, -0.2) is 4.79 Å². The summed E-state index contributed by atoms with van der Waals surface area (Å²) in [5.74, 6) is 0. The van der Waals surface area contributed by atoms with Crippen molar-refractivity contribution in [3.8, 4) is 0 Å². The average Bonchev–Trinajstić information content (AvgIpc) is 2.82. The Morgan fingerprint density at radius 1 is 1.29 bits per heavy atom. The van der Waals surface area contributed by atoms with Crippen molar-refractivity contribution in [2.75, 3.05) is 5.32 Å². The number of benzene rings is 1. The number of hydrogen-bond acceptors (Lipinski definition) is 2. The van der Waals surface area contributed by atoms with Crippen LogP contribution in [-0.2, 0) is 0 Å². The fraction of sp³-hybridized carbons (Fsp3) is 0.385. The Balaban J connectivity index is 1.90.